The first-order valence-electron chi connectivity index (χ1n) is 3.66. The van der Waals surface area contributed by atoms with Crippen LogP contribution in [0.3, 0.4) is 0 Å². The Bertz CT molecular complexity index is 341. The normalized spacial score (nSPS) is 13.6. The van der Waals surface area contributed by atoms with E-state index in [0.29, 0.717) is 0 Å². The number of rotatable bonds is 2. The summed E-state index contributed by atoms with van der Waals surface area (Å²) in [7, 11) is -3.52. The molecule has 13 heavy (non-hydrogen) atoms. The van der Waals surface area contributed by atoms with Crippen molar-refractivity contribution in [3.63, 3.8) is 0 Å². The molecule has 0 N–H and O–H groups in total. The summed E-state index contributed by atoms with van der Waals surface area (Å²) in [5.74, 6) is 0. The van der Waals surface area contributed by atoms with Crippen LogP contribution in [0.15, 0.2) is 11.8 Å². The van der Waals surface area contributed by atoms with E-state index < -0.39 is 15.5 Å². The molecule has 0 fully saturated rings. The molecule has 4 nitrogen and oxygen atoms in total. The van der Waals surface area contributed by atoms with Gasteiger partial charge in [0, 0.05) is 5.41 Å². The predicted octanol–water partition coefficient (Wildman–Crippen LogP) is 1.42. The highest BCUT2D eigenvalue weighted by atomic mass is 32.2. The second-order valence-electron chi connectivity index (χ2n) is 3.69. The van der Waals surface area contributed by atoms with Gasteiger partial charge in [-0.25, -0.2) is 0 Å². The molecule has 0 aromatic heterocycles. The molecular weight excluding hydrogens is 190 g/mol. The van der Waals surface area contributed by atoms with Gasteiger partial charge in [0.05, 0.1) is 17.9 Å². The maximum Gasteiger partial charge on any atom is 0.305 e. The van der Waals surface area contributed by atoms with Crippen LogP contribution in [0.4, 0.5) is 0 Å². The van der Waals surface area contributed by atoms with Crippen molar-refractivity contribution in [2.45, 2.75) is 20.8 Å². The van der Waals surface area contributed by atoms with Gasteiger partial charge in [0.25, 0.3) is 0 Å². The summed E-state index contributed by atoms with van der Waals surface area (Å²) < 4.78 is 25.6. The van der Waals surface area contributed by atoms with Gasteiger partial charge in [0.15, 0.2) is 0 Å². The van der Waals surface area contributed by atoms with Gasteiger partial charge in [0.1, 0.15) is 6.26 Å². The van der Waals surface area contributed by atoms with Crippen molar-refractivity contribution in [1.29, 1.82) is 5.26 Å². The van der Waals surface area contributed by atoms with E-state index in [9.17, 15) is 8.42 Å². The molecule has 0 amide bonds. The fraction of sp³-hybridized carbons (Fsp3) is 0.625. The molecule has 0 unspecified atom stereocenters. The highest BCUT2D eigenvalue weighted by Crippen LogP contribution is 2.24. The third-order valence-electron chi connectivity index (χ3n) is 1.27. The van der Waals surface area contributed by atoms with Crippen LogP contribution < -0.4 is 0 Å². The third kappa shape index (κ3) is 5.26. The Kier molecular flexibility index (Phi) is 3.50. The summed E-state index contributed by atoms with van der Waals surface area (Å²) in [5.41, 5.74) is -0.114. The number of nitrogens with zero attached hydrogens (tertiary/aromatic N) is 1. The molecule has 0 saturated heterocycles. The van der Waals surface area contributed by atoms with Gasteiger partial charge in [-0.15, -0.1) is 0 Å². The largest absolute Gasteiger partial charge is 0.389 e. The Morgan fingerprint density at radius 3 is 2.15 bits per heavy atom. The minimum Gasteiger partial charge on any atom is -0.389 e. The van der Waals surface area contributed by atoms with Gasteiger partial charge in [0.2, 0.25) is 0 Å². The lowest BCUT2D eigenvalue weighted by Crippen LogP contribution is -2.09. The number of hydrogen-bond donors (Lipinski definition) is 0. The molecule has 5 heteroatoms. The predicted molar refractivity (Wildman–Crippen MR) is 49.1 cm³/mol. The highest BCUT2D eigenvalue weighted by Gasteiger charge is 2.17. The summed E-state index contributed by atoms with van der Waals surface area (Å²) in [6.45, 7) is 5.40. The first-order valence-corrected chi connectivity index (χ1v) is 5.47. The van der Waals surface area contributed by atoms with E-state index >= 15 is 0 Å². The zero-order valence-corrected chi connectivity index (χ0v) is 8.97. The average molecular weight is 203 g/mol. The number of nitriles is 1. The minimum atomic E-state index is -3.52. The van der Waals surface area contributed by atoms with Gasteiger partial charge in [-0.05, 0) is 0 Å². The van der Waals surface area contributed by atoms with Crippen LogP contribution in [0.25, 0.3) is 0 Å². The van der Waals surface area contributed by atoms with Crippen molar-refractivity contribution in [3.8, 4) is 6.07 Å². The summed E-state index contributed by atoms with van der Waals surface area (Å²) in [6.07, 6.45) is 1.91. The van der Waals surface area contributed by atoms with Gasteiger partial charge in [-0.1, -0.05) is 20.8 Å². The first kappa shape index (κ1) is 12.0. The van der Waals surface area contributed by atoms with E-state index in [1.807, 2.05) is 6.07 Å². The van der Waals surface area contributed by atoms with E-state index in [1.54, 1.807) is 20.8 Å². The number of allylic oxidation sites excluding steroid dienone is 1. The van der Waals surface area contributed by atoms with E-state index in [0.717, 1.165) is 12.5 Å². The quantitative estimate of drug-likeness (QED) is 0.386. The van der Waals surface area contributed by atoms with Crippen molar-refractivity contribution in [2.75, 3.05) is 6.26 Å². The van der Waals surface area contributed by atoms with Crippen LogP contribution in [0.2, 0.25) is 0 Å². The molecule has 0 aliphatic rings. The Morgan fingerprint density at radius 1 is 1.46 bits per heavy atom. The lowest BCUT2D eigenvalue weighted by molar-refractivity contribution is 0.428. The Labute approximate surface area is 78.9 Å². The standard InChI is InChI=1S/C8H13NO3S/c1-8(2,3)7(5-9)6-12-13(4,10)11/h6H,1-4H3. The van der Waals surface area contributed by atoms with Gasteiger partial charge in [-0.3, -0.25) is 0 Å². The second kappa shape index (κ2) is 3.79. The molecule has 74 valence electrons. The first-order chi connectivity index (χ1) is 5.67. The van der Waals surface area contributed by atoms with Crippen LogP contribution in [-0.4, -0.2) is 14.7 Å². The van der Waals surface area contributed by atoms with Crippen molar-refractivity contribution >= 4 is 10.1 Å². The Balaban J connectivity index is 4.75. The summed E-state index contributed by atoms with van der Waals surface area (Å²) in [5, 5.41) is 8.67. The molecule has 0 spiro atoms. The topological polar surface area (TPSA) is 67.2 Å². The summed E-state index contributed by atoms with van der Waals surface area (Å²) >= 11 is 0. The lowest BCUT2D eigenvalue weighted by Gasteiger charge is -2.15. The smallest absolute Gasteiger partial charge is 0.305 e. The van der Waals surface area contributed by atoms with Crippen LogP contribution in [0.1, 0.15) is 20.8 Å². The zero-order valence-electron chi connectivity index (χ0n) is 8.16. The van der Waals surface area contributed by atoms with Crippen molar-refractivity contribution in [3.05, 3.63) is 11.8 Å². The van der Waals surface area contributed by atoms with Gasteiger partial charge < -0.3 is 4.18 Å². The van der Waals surface area contributed by atoms with E-state index in [1.165, 1.54) is 0 Å². The maximum absolute atomic E-state index is 10.6. The molecule has 0 bridgehead atoms. The molecule has 0 aliphatic carbocycles. The molecule has 0 aliphatic heterocycles. The van der Waals surface area contributed by atoms with Crippen LogP contribution in [-0.2, 0) is 14.3 Å². The maximum atomic E-state index is 10.6. The molecule has 0 rings (SSSR count). The minimum absolute atomic E-state index is 0.290. The average Bonchev–Trinajstić information content (AvgIpc) is 1.82. The van der Waals surface area contributed by atoms with Crippen molar-refractivity contribution in [2.24, 2.45) is 5.41 Å². The van der Waals surface area contributed by atoms with E-state index in [-0.39, 0.29) is 5.57 Å². The van der Waals surface area contributed by atoms with Crippen LogP contribution in [0, 0.1) is 16.7 Å². The Morgan fingerprint density at radius 2 is 1.92 bits per heavy atom. The molecule has 0 saturated carbocycles. The fourth-order valence-corrected chi connectivity index (χ4v) is 0.777. The second-order valence-corrected chi connectivity index (χ2v) is 5.29. The molecule has 0 aromatic carbocycles. The third-order valence-corrected chi connectivity index (χ3v) is 1.72. The van der Waals surface area contributed by atoms with Gasteiger partial charge >= 0.3 is 10.1 Å². The highest BCUT2D eigenvalue weighted by molar-refractivity contribution is 7.86. The van der Waals surface area contributed by atoms with Crippen LogP contribution >= 0.6 is 0 Å². The molecule has 0 aromatic rings. The van der Waals surface area contributed by atoms with E-state index in [2.05, 4.69) is 4.18 Å². The zero-order chi connectivity index (χ0) is 10.7. The molecular formula is C8H13NO3S. The fourth-order valence-electron chi connectivity index (χ4n) is 0.506. The number of hydrogen-bond acceptors (Lipinski definition) is 4. The van der Waals surface area contributed by atoms with Gasteiger partial charge in [-0.2, -0.15) is 13.7 Å². The summed E-state index contributed by atoms with van der Waals surface area (Å²) in [4.78, 5) is 0. The molecule has 0 atom stereocenters. The monoisotopic (exact) mass is 203 g/mol. The van der Waals surface area contributed by atoms with Crippen molar-refractivity contribution < 1.29 is 12.6 Å². The SMILES string of the molecule is CC(C)(C)C(C#N)=COS(C)(=O)=O. The Hall–Kier alpha value is -1.02. The summed E-state index contributed by atoms with van der Waals surface area (Å²) in [6, 6.07) is 1.89. The van der Waals surface area contributed by atoms with Crippen LogP contribution in [0.5, 0.6) is 0 Å². The molecule has 0 heterocycles. The lowest BCUT2D eigenvalue weighted by atomic mass is 9.88. The van der Waals surface area contributed by atoms with E-state index in [4.69, 9.17) is 5.26 Å². The van der Waals surface area contributed by atoms with Crippen molar-refractivity contribution in [1.82, 2.24) is 0 Å². The molecule has 0 radical (unpaired) electrons.